The molecule has 1 aliphatic heterocycles. The van der Waals surface area contributed by atoms with E-state index in [1.807, 2.05) is 42.5 Å². The number of fused-ring (bicyclic) bond motifs is 12. The van der Waals surface area contributed by atoms with Crippen LogP contribution in [0, 0.1) is 22.7 Å². The topological polar surface area (TPSA) is 52.5 Å². The summed E-state index contributed by atoms with van der Waals surface area (Å²) in [6.07, 6.45) is 0. The summed E-state index contributed by atoms with van der Waals surface area (Å²) in [5.41, 5.74) is 16.1. The monoisotopic (exact) mass is 607 g/mol. The van der Waals surface area contributed by atoms with E-state index >= 15 is 0 Å². The molecule has 0 saturated carbocycles. The van der Waals surface area contributed by atoms with E-state index in [2.05, 4.69) is 126 Å². The van der Waals surface area contributed by atoms with Gasteiger partial charge in [0.05, 0.1) is 45.4 Å². The number of rotatable bonds is 2. The lowest BCUT2D eigenvalue weighted by molar-refractivity contribution is 0.749. The minimum absolute atomic E-state index is 0.572. The smallest absolute Gasteiger partial charge is 0.0991 e. The molecule has 0 radical (unpaired) electrons. The molecular weight excluding hydrogens is 583 g/mol. The van der Waals surface area contributed by atoms with Gasteiger partial charge in [-0.05, 0) is 104 Å². The van der Waals surface area contributed by atoms with E-state index in [9.17, 15) is 10.5 Å². The summed E-state index contributed by atoms with van der Waals surface area (Å²) < 4.78 is 2.46. The lowest BCUT2D eigenvalue weighted by Gasteiger charge is -2.39. The zero-order valence-corrected chi connectivity index (χ0v) is 25.8. The Hall–Kier alpha value is -6.68. The molecule has 3 nitrogen and oxygen atoms in total. The number of para-hydroxylation sites is 3. The third-order valence-corrected chi connectivity index (χ3v) is 10.5. The number of nitrogens with zero attached hydrogens (tertiary/aromatic N) is 3. The van der Waals surface area contributed by atoms with Crippen molar-refractivity contribution in [2.45, 2.75) is 5.41 Å². The maximum absolute atomic E-state index is 9.71. The molecule has 10 rings (SSSR count). The lowest BCUT2D eigenvalue weighted by Crippen LogP contribution is -2.33. The van der Waals surface area contributed by atoms with Gasteiger partial charge in [0, 0.05) is 10.8 Å². The molecule has 0 bridgehead atoms. The van der Waals surface area contributed by atoms with Crippen molar-refractivity contribution in [1.82, 2.24) is 4.57 Å². The average molecular weight is 608 g/mol. The van der Waals surface area contributed by atoms with E-state index in [0.29, 0.717) is 11.1 Å². The van der Waals surface area contributed by atoms with Gasteiger partial charge in [0.2, 0.25) is 0 Å². The second-order valence-electron chi connectivity index (χ2n) is 12.7. The highest BCUT2D eigenvalue weighted by Gasteiger charge is 2.51. The minimum Gasteiger partial charge on any atom is -0.309 e. The van der Waals surface area contributed by atoms with Gasteiger partial charge in [0.1, 0.15) is 0 Å². The second-order valence-corrected chi connectivity index (χ2v) is 12.7. The van der Waals surface area contributed by atoms with Crippen molar-refractivity contribution in [3.8, 4) is 51.2 Å². The Balaban J connectivity index is 1.35. The van der Waals surface area contributed by atoms with Crippen molar-refractivity contribution in [3.05, 3.63) is 185 Å². The Bertz CT molecular complexity index is 2750. The molecule has 0 saturated heterocycles. The van der Waals surface area contributed by atoms with Gasteiger partial charge < -0.3 is 4.57 Å². The number of nitriles is 2. The van der Waals surface area contributed by atoms with E-state index in [1.165, 1.54) is 60.9 Å². The summed E-state index contributed by atoms with van der Waals surface area (Å²) >= 11 is 0. The summed E-state index contributed by atoms with van der Waals surface area (Å²) in [6, 6.07) is 58.4. The van der Waals surface area contributed by atoms with Crippen LogP contribution in [-0.4, -0.2) is 4.57 Å². The first-order valence-electron chi connectivity index (χ1n) is 16.1. The van der Waals surface area contributed by atoms with Gasteiger partial charge >= 0.3 is 0 Å². The first-order chi connectivity index (χ1) is 23.7. The van der Waals surface area contributed by atoms with Gasteiger partial charge in [-0.2, -0.15) is 10.5 Å². The number of benzene rings is 7. The van der Waals surface area contributed by atoms with Crippen LogP contribution in [0.1, 0.15) is 33.4 Å². The highest BCUT2D eigenvalue weighted by atomic mass is 15.0. The summed E-state index contributed by atoms with van der Waals surface area (Å²) in [5, 5.41) is 21.6. The van der Waals surface area contributed by atoms with Crippen LogP contribution in [-0.2, 0) is 5.41 Å². The molecule has 1 unspecified atom stereocenters. The van der Waals surface area contributed by atoms with Crippen molar-refractivity contribution in [2.24, 2.45) is 0 Å². The van der Waals surface area contributed by atoms with Gasteiger partial charge in [-0.15, -0.1) is 0 Å². The first-order valence-corrected chi connectivity index (χ1v) is 16.1. The number of hydrogen-bond donors (Lipinski definition) is 0. The molecule has 48 heavy (non-hydrogen) atoms. The largest absolute Gasteiger partial charge is 0.309 e. The van der Waals surface area contributed by atoms with Crippen LogP contribution >= 0.6 is 0 Å². The van der Waals surface area contributed by atoms with Crippen LogP contribution in [0.3, 0.4) is 0 Å². The zero-order chi connectivity index (χ0) is 32.0. The second kappa shape index (κ2) is 9.66. The molecule has 1 atom stereocenters. The Morgan fingerprint density at radius 3 is 2.00 bits per heavy atom. The molecule has 220 valence electrons. The quantitative estimate of drug-likeness (QED) is 0.196. The predicted octanol–water partition coefficient (Wildman–Crippen LogP) is 10.5. The van der Waals surface area contributed by atoms with Gasteiger partial charge in [0.25, 0.3) is 0 Å². The standard InChI is InChI=1S/C45H25N3/c46-26-28-15-17-30(18-16-28)32-20-22-38-37(24-32)34-21-19-33(31-8-5-7-29(23-31)27-47)25-41(34)45(38)39-11-2-4-14-43(39)48-42-13-3-1-9-35(42)36-10-6-12-40(45)44(36)48/h1-25H. The van der Waals surface area contributed by atoms with Gasteiger partial charge in [0.15, 0.2) is 0 Å². The first kappa shape index (κ1) is 26.5. The fourth-order valence-electron chi connectivity index (χ4n) is 8.48. The van der Waals surface area contributed by atoms with Gasteiger partial charge in [-0.1, -0.05) is 103 Å². The lowest BCUT2D eigenvalue weighted by atomic mass is 9.65. The van der Waals surface area contributed by atoms with E-state index in [1.54, 1.807) is 0 Å². The van der Waals surface area contributed by atoms with Crippen molar-refractivity contribution in [2.75, 3.05) is 0 Å². The molecule has 7 aromatic carbocycles. The fraction of sp³-hybridized carbons (Fsp3) is 0.0222. The van der Waals surface area contributed by atoms with Crippen LogP contribution < -0.4 is 0 Å². The number of hydrogen-bond acceptors (Lipinski definition) is 2. The van der Waals surface area contributed by atoms with Gasteiger partial charge in [-0.25, -0.2) is 0 Å². The van der Waals surface area contributed by atoms with E-state index in [4.69, 9.17) is 0 Å². The Morgan fingerprint density at radius 2 is 1.12 bits per heavy atom. The van der Waals surface area contributed by atoms with E-state index in [-0.39, 0.29) is 0 Å². The molecule has 3 heteroatoms. The van der Waals surface area contributed by atoms with Crippen molar-refractivity contribution in [1.29, 1.82) is 10.5 Å². The Kier molecular flexibility index (Phi) is 5.34. The SMILES string of the molecule is N#Cc1ccc(-c2ccc3c(c2)-c2ccc(-c4cccc(C#N)c4)cc2C32c3ccccc3-n3c4ccccc4c4cccc2c43)cc1. The van der Waals surface area contributed by atoms with Crippen molar-refractivity contribution < 1.29 is 0 Å². The fourth-order valence-corrected chi connectivity index (χ4v) is 8.48. The van der Waals surface area contributed by atoms with Crippen LogP contribution in [0.15, 0.2) is 152 Å². The van der Waals surface area contributed by atoms with Gasteiger partial charge in [-0.3, -0.25) is 0 Å². The number of aromatic nitrogens is 1. The van der Waals surface area contributed by atoms with Crippen LogP contribution in [0.25, 0.3) is 60.9 Å². The summed E-state index contributed by atoms with van der Waals surface area (Å²) in [6.45, 7) is 0. The highest BCUT2D eigenvalue weighted by molar-refractivity contribution is 6.13. The van der Waals surface area contributed by atoms with E-state index in [0.717, 1.165) is 22.3 Å². The molecule has 1 spiro atoms. The molecule has 2 heterocycles. The van der Waals surface area contributed by atoms with Crippen LogP contribution in [0.2, 0.25) is 0 Å². The van der Waals surface area contributed by atoms with Crippen LogP contribution in [0.5, 0.6) is 0 Å². The Labute approximate surface area is 277 Å². The van der Waals surface area contributed by atoms with Crippen molar-refractivity contribution in [3.63, 3.8) is 0 Å². The molecular formula is C45H25N3. The minimum atomic E-state index is -0.572. The molecule has 0 amide bonds. The zero-order valence-electron chi connectivity index (χ0n) is 25.8. The summed E-state index contributed by atoms with van der Waals surface area (Å²) in [7, 11) is 0. The molecule has 8 aromatic rings. The van der Waals surface area contributed by atoms with Crippen LogP contribution in [0.4, 0.5) is 0 Å². The normalized spacial score (nSPS) is 15.1. The third kappa shape index (κ3) is 3.35. The molecule has 1 aromatic heterocycles. The highest BCUT2D eigenvalue weighted by Crippen LogP contribution is 2.61. The maximum atomic E-state index is 9.71. The Morgan fingerprint density at radius 1 is 0.438 bits per heavy atom. The molecule has 1 aliphatic carbocycles. The molecule has 0 N–H and O–H groups in total. The summed E-state index contributed by atoms with van der Waals surface area (Å²) in [5.74, 6) is 0. The third-order valence-electron chi connectivity index (χ3n) is 10.5. The average Bonchev–Trinajstić information content (AvgIpc) is 3.65. The molecule has 2 aliphatic rings. The van der Waals surface area contributed by atoms with Crippen molar-refractivity contribution >= 4 is 21.8 Å². The van der Waals surface area contributed by atoms with E-state index < -0.39 is 5.41 Å². The molecule has 0 fully saturated rings. The predicted molar refractivity (Wildman–Crippen MR) is 192 cm³/mol. The maximum Gasteiger partial charge on any atom is 0.0991 e. The summed E-state index contributed by atoms with van der Waals surface area (Å²) in [4.78, 5) is 0.